The van der Waals surface area contributed by atoms with Gasteiger partial charge in [0.05, 0.1) is 10.7 Å². The lowest BCUT2D eigenvalue weighted by Gasteiger charge is -2.27. The van der Waals surface area contributed by atoms with Crippen LogP contribution >= 0.6 is 23.2 Å². The molecular weight excluding hydrogens is 347 g/mol. The molecule has 1 aromatic rings. The number of carbonyl (C=O) groups excluding carboxylic acids is 2. The van der Waals surface area contributed by atoms with Crippen LogP contribution in [-0.4, -0.2) is 18.4 Å². The van der Waals surface area contributed by atoms with Gasteiger partial charge in [0.1, 0.15) is 0 Å². The molecule has 0 unspecified atom stereocenters. The van der Waals surface area contributed by atoms with E-state index in [0.29, 0.717) is 15.7 Å². The number of anilines is 1. The number of unbranched alkanes of at least 4 members (excludes halogenated alkanes) is 1. The smallest absolute Gasteiger partial charge is 0.227 e. The van der Waals surface area contributed by atoms with E-state index in [1.165, 1.54) is 0 Å². The number of rotatable bonds is 6. The maximum absolute atomic E-state index is 12.4. The Morgan fingerprint density at radius 1 is 1.08 bits per heavy atom. The topological polar surface area (TPSA) is 58.2 Å². The van der Waals surface area contributed by atoms with E-state index in [2.05, 4.69) is 17.6 Å². The predicted octanol–water partition coefficient (Wildman–Crippen LogP) is 4.65. The standard InChI is InChI=1S/C18H24Cl2N2O2/c1-2-3-10-21-17(23)12-4-6-13(7-5-12)18(24)22-16-9-8-14(19)11-15(16)20/h8-9,11-13H,2-7,10H2,1H3,(H,21,23)(H,22,24). The fraction of sp³-hybridized carbons (Fsp3) is 0.556. The van der Waals surface area contributed by atoms with Crippen LogP contribution in [0, 0.1) is 11.8 Å². The number of amides is 2. The van der Waals surface area contributed by atoms with Crippen molar-refractivity contribution in [1.82, 2.24) is 5.32 Å². The molecule has 1 saturated carbocycles. The van der Waals surface area contributed by atoms with Gasteiger partial charge in [-0.1, -0.05) is 36.5 Å². The zero-order chi connectivity index (χ0) is 17.5. The summed E-state index contributed by atoms with van der Waals surface area (Å²) >= 11 is 11.9. The molecule has 6 heteroatoms. The van der Waals surface area contributed by atoms with Crippen molar-refractivity contribution in [2.45, 2.75) is 45.4 Å². The molecule has 0 aromatic heterocycles. The second-order valence-corrected chi connectivity index (χ2v) is 7.15. The highest BCUT2D eigenvalue weighted by molar-refractivity contribution is 6.36. The first kappa shape index (κ1) is 19.1. The summed E-state index contributed by atoms with van der Waals surface area (Å²) in [6.45, 7) is 2.84. The lowest BCUT2D eigenvalue weighted by Crippen LogP contribution is -2.35. The van der Waals surface area contributed by atoms with Gasteiger partial charge >= 0.3 is 0 Å². The number of hydrogen-bond acceptors (Lipinski definition) is 2. The van der Waals surface area contributed by atoms with E-state index < -0.39 is 0 Å². The Hall–Kier alpha value is -1.26. The molecular formula is C18H24Cl2N2O2. The number of nitrogens with one attached hydrogen (secondary N) is 2. The minimum Gasteiger partial charge on any atom is -0.356 e. The molecule has 1 aromatic carbocycles. The highest BCUT2D eigenvalue weighted by atomic mass is 35.5. The highest BCUT2D eigenvalue weighted by Crippen LogP contribution is 2.31. The van der Waals surface area contributed by atoms with Crippen LogP contribution < -0.4 is 10.6 Å². The predicted molar refractivity (Wildman–Crippen MR) is 98.5 cm³/mol. The fourth-order valence-electron chi connectivity index (χ4n) is 2.98. The molecule has 1 fully saturated rings. The van der Waals surface area contributed by atoms with E-state index in [1.807, 2.05) is 0 Å². The molecule has 2 N–H and O–H groups in total. The van der Waals surface area contributed by atoms with Gasteiger partial charge in [-0.05, 0) is 50.3 Å². The third-order valence-corrected chi connectivity index (χ3v) is 5.04. The second-order valence-electron chi connectivity index (χ2n) is 6.31. The van der Waals surface area contributed by atoms with Crippen molar-refractivity contribution >= 4 is 40.7 Å². The average molecular weight is 371 g/mol. The maximum Gasteiger partial charge on any atom is 0.227 e. The van der Waals surface area contributed by atoms with Crippen LogP contribution in [0.3, 0.4) is 0 Å². The molecule has 0 spiro atoms. The van der Waals surface area contributed by atoms with Crippen molar-refractivity contribution in [2.24, 2.45) is 11.8 Å². The molecule has 1 aliphatic carbocycles. The molecule has 0 radical (unpaired) electrons. The van der Waals surface area contributed by atoms with Crippen molar-refractivity contribution in [3.63, 3.8) is 0 Å². The number of carbonyl (C=O) groups is 2. The molecule has 0 saturated heterocycles. The van der Waals surface area contributed by atoms with E-state index in [9.17, 15) is 9.59 Å². The normalized spacial score (nSPS) is 20.5. The molecule has 0 atom stereocenters. The van der Waals surface area contributed by atoms with Crippen molar-refractivity contribution in [1.29, 1.82) is 0 Å². The molecule has 4 nitrogen and oxygen atoms in total. The van der Waals surface area contributed by atoms with Gasteiger partial charge in [-0.2, -0.15) is 0 Å². The van der Waals surface area contributed by atoms with Gasteiger partial charge < -0.3 is 10.6 Å². The summed E-state index contributed by atoms with van der Waals surface area (Å²) in [4.78, 5) is 24.5. The van der Waals surface area contributed by atoms with Crippen LogP contribution in [0.4, 0.5) is 5.69 Å². The van der Waals surface area contributed by atoms with Gasteiger partial charge in [0, 0.05) is 23.4 Å². The Morgan fingerprint density at radius 2 is 1.71 bits per heavy atom. The van der Waals surface area contributed by atoms with E-state index in [-0.39, 0.29) is 23.7 Å². The largest absolute Gasteiger partial charge is 0.356 e. The average Bonchev–Trinajstić information content (AvgIpc) is 2.57. The summed E-state index contributed by atoms with van der Waals surface area (Å²) in [6.07, 6.45) is 5.03. The summed E-state index contributed by atoms with van der Waals surface area (Å²) in [7, 11) is 0. The van der Waals surface area contributed by atoms with E-state index in [0.717, 1.165) is 45.1 Å². The first-order chi connectivity index (χ1) is 11.5. The summed E-state index contributed by atoms with van der Waals surface area (Å²) in [5.41, 5.74) is 0.575. The number of benzene rings is 1. The minimum atomic E-state index is -0.0727. The molecule has 24 heavy (non-hydrogen) atoms. The Bertz CT molecular complexity index is 584. The Kier molecular flexibility index (Phi) is 7.38. The van der Waals surface area contributed by atoms with Gasteiger partial charge in [-0.3, -0.25) is 9.59 Å². The van der Waals surface area contributed by atoms with Crippen molar-refractivity contribution < 1.29 is 9.59 Å². The van der Waals surface area contributed by atoms with Crippen LogP contribution in [0.5, 0.6) is 0 Å². The van der Waals surface area contributed by atoms with Crippen LogP contribution in [-0.2, 0) is 9.59 Å². The van der Waals surface area contributed by atoms with Crippen molar-refractivity contribution in [2.75, 3.05) is 11.9 Å². The Labute approximate surface area is 153 Å². The molecule has 132 valence electrons. The van der Waals surface area contributed by atoms with E-state index in [1.54, 1.807) is 18.2 Å². The van der Waals surface area contributed by atoms with Gasteiger partial charge in [0.2, 0.25) is 11.8 Å². The fourth-order valence-corrected chi connectivity index (χ4v) is 3.43. The summed E-state index contributed by atoms with van der Waals surface area (Å²) in [6, 6.07) is 5.01. The van der Waals surface area contributed by atoms with Gasteiger partial charge in [0.15, 0.2) is 0 Å². The molecule has 0 heterocycles. The maximum atomic E-state index is 12.4. The molecule has 1 aliphatic rings. The molecule has 2 rings (SSSR count). The van der Waals surface area contributed by atoms with Crippen molar-refractivity contribution in [3.8, 4) is 0 Å². The van der Waals surface area contributed by atoms with E-state index in [4.69, 9.17) is 23.2 Å². The quantitative estimate of drug-likeness (QED) is 0.715. The van der Waals surface area contributed by atoms with Crippen LogP contribution in [0.15, 0.2) is 18.2 Å². The monoisotopic (exact) mass is 370 g/mol. The first-order valence-electron chi connectivity index (χ1n) is 8.55. The first-order valence-corrected chi connectivity index (χ1v) is 9.30. The van der Waals surface area contributed by atoms with Gasteiger partial charge in [0.25, 0.3) is 0 Å². The minimum absolute atomic E-state index is 0.0324. The third kappa shape index (κ3) is 5.38. The van der Waals surface area contributed by atoms with Crippen molar-refractivity contribution in [3.05, 3.63) is 28.2 Å². The lowest BCUT2D eigenvalue weighted by atomic mass is 9.81. The summed E-state index contributed by atoms with van der Waals surface area (Å²) < 4.78 is 0. The zero-order valence-corrected chi connectivity index (χ0v) is 15.4. The summed E-state index contributed by atoms with van der Waals surface area (Å²) in [5, 5.41) is 6.81. The molecule has 2 amide bonds. The highest BCUT2D eigenvalue weighted by Gasteiger charge is 2.30. The number of hydrogen-bond donors (Lipinski definition) is 2. The van der Waals surface area contributed by atoms with Gasteiger partial charge in [-0.25, -0.2) is 0 Å². The number of halogens is 2. The molecule has 0 aliphatic heterocycles. The zero-order valence-electron chi connectivity index (χ0n) is 13.9. The van der Waals surface area contributed by atoms with Crippen LogP contribution in [0.1, 0.15) is 45.4 Å². The van der Waals surface area contributed by atoms with Crippen LogP contribution in [0.2, 0.25) is 10.0 Å². The third-order valence-electron chi connectivity index (χ3n) is 4.49. The van der Waals surface area contributed by atoms with E-state index >= 15 is 0 Å². The second kappa shape index (κ2) is 9.28. The lowest BCUT2D eigenvalue weighted by molar-refractivity contribution is -0.128. The summed E-state index contributed by atoms with van der Waals surface area (Å²) in [5.74, 6) is 0.0496. The molecule has 0 bridgehead atoms. The van der Waals surface area contributed by atoms with Gasteiger partial charge in [-0.15, -0.1) is 0 Å². The van der Waals surface area contributed by atoms with Crippen LogP contribution in [0.25, 0.3) is 0 Å². The SMILES string of the molecule is CCCCNC(=O)C1CCC(C(=O)Nc2ccc(Cl)cc2Cl)CC1. The Morgan fingerprint density at radius 3 is 2.29 bits per heavy atom. The Balaban J connectivity index is 1.81.